The van der Waals surface area contributed by atoms with Gasteiger partial charge in [-0.25, -0.2) is 0 Å². The highest BCUT2D eigenvalue weighted by Gasteiger charge is 2.24. The minimum atomic E-state index is 0.373. The van der Waals surface area contributed by atoms with Gasteiger partial charge in [-0.3, -0.25) is 4.90 Å². The zero-order chi connectivity index (χ0) is 17.8. The van der Waals surface area contributed by atoms with Crippen molar-refractivity contribution in [2.24, 2.45) is 0 Å². The maximum atomic E-state index is 5.38. The van der Waals surface area contributed by atoms with E-state index in [4.69, 9.17) is 14.2 Å². The Morgan fingerprint density at radius 2 is 1.76 bits per heavy atom. The number of methoxy groups -OCH3 is 3. The Labute approximate surface area is 148 Å². The highest BCUT2D eigenvalue weighted by Crippen LogP contribution is 2.25. The van der Waals surface area contributed by atoms with E-state index in [1.54, 1.807) is 21.3 Å². The average Bonchev–Trinajstić information content (AvgIpc) is 2.92. The average molecular weight is 346 g/mol. The predicted octanol–water partition coefficient (Wildman–Crippen LogP) is 1.89. The van der Waals surface area contributed by atoms with Crippen molar-refractivity contribution in [3.8, 4) is 11.5 Å². The van der Waals surface area contributed by atoms with E-state index < -0.39 is 0 Å². The molecule has 1 atom stereocenters. The summed E-state index contributed by atoms with van der Waals surface area (Å²) in [5.41, 5.74) is 1.18. The van der Waals surface area contributed by atoms with Crippen LogP contribution >= 0.6 is 0 Å². The number of fused-ring (bicyclic) bond motifs is 1. The fraction of sp³-hybridized carbons (Fsp3) is 0.556. The molecule has 0 amide bonds. The van der Waals surface area contributed by atoms with Gasteiger partial charge in [-0.2, -0.15) is 0 Å². The summed E-state index contributed by atoms with van der Waals surface area (Å²) in [6.07, 6.45) is 0.873. The summed E-state index contributed by atoms with van der Waals surface area (Å²) >= 11 is 0. The highest BCUT2D eigenvalue weighted by molar-refractivity contribution is 5.38. The summed E-state index contributed by atoms with van der Waals surface area (Å²) in [5, 5.41) is 8.60. The van der Waals surface area contributed by atoms with E-state index in [1.165, 1.54) is 5.56 Å². The predicted molar refractivity (Wildman–Crippen MR) is 93.9 cm³/mol. The van der Waals surface area contributed by atoms with Crippen molar-refractivity contribution in [2.75, 3.05) is 27.9 Å². The molecule has 0 fully saturated rings. The quantitative estimate of drug-likeness (QED) is 0.796. The molecule has 2 heterocycles. The normalized spacial score (nSPS) is 17.8. The van der Waals surface area contributed by atoms with Crippen LogP contribution in [-0.4, -0.2) is 53.6 Å². The van der Waals surface area contributed by atoms with Crippen LogP contribution in [0.25, 0.3) is 0 Å². The van der Waals surface area contributed by atoms with E-state index in [1.807, 2.05) is 6.07 Å². The van der Waals surface area contributed by atoms with E-state index in [0.717, 1.165) is 49.2 Å². The van der Waals surface area contributed by atoms with Gasteiger partial charge in [-0.15, -0.1) is 10.2 Å². The number of rotatable bonds is 6. The molecule has 0 bridgehead atoms. The third-order valence-electron chi connectivity index (χ3n) is 4.69. The summed E-state index contributed by atoms with van der Waals surface area (Å²) in [6, 6.07) is 6.40. The van der Waals surface area contributed by atoms with Gasteiger partial charge in [0, 0.05) is 45.3 Å². The highest BCUT2D eigenvalue weighted by atomic mass is 16.5. The SMILES string of the molecule is COCc1nnc2n1CCN(Cc1cc(OC)cc(OC)c1)C(C)C2. The molecule has 0 spiro atoms. The molecule has 1 aromatic carbocycles. The molecule has 0 N–H and O–H groups in total. The van der Waals surface area contributed by atoms with Crippen molar-refractivity contribution in [3.63, 3.8) is 0 Å². The first-order valence-corrected chi connectivity index (χ1v) is 8.50. The Bertz CT molecular complexity index is 694. The molecular formula is C18H26N4O3. The summed E-state index contributed by atoms with van der Waals surface area (Å²) in [7, 11) is 5.04. The first-order valence-electron chi connectivity index (χ1n) is 8.50. The molecule has 0 saturated carbocycles. The molecule has 7 heteroatoms. The standard InChI is InChI=1S/C18H26N4O3/c1-13-7-17-19-20-18(12-23-2)22(17)6-5-21(13)11-14-8-15(24-3)10-16(9-14)25-4/h8-10,13H,5-7,11-12H2,1-4H3. The van der Waals surface area contributed by atoms with Gasteiger partial charge < -0.3 is 18.8 Å². The minimum Gasteiger partial charge on any atom is -0.497 e. The van der Waals surface area contributed by atoms with Crippen LogP contribution in [0.3, 0.4) is 0 Å². The van der Waals surface area contributed by atoms with Gasteiger partial charge >= 0.3 is 0 Å². The second kappa shape index (κ2) is 7.84. The van der Waals surface area contributed by atoms with Gasteiger partial charge in [-0.05, 0) is 24.6 Å². The molecule has 25 heavy (non-hydrogen) atoms. The molecule has 0 saturated heterocycles. The van der Waals surface area contributed by atoms with Crippen molar-refractivity contribution in [1.82, 2.24) is 19.7 Å². The van der Waals surface area contributed by atoms with Gasteiger partial charge in [0.15, 0.2) is 5.82 Å². The maximum Gasteiger partial charge on any atom is 0.159 e. The van der Waals surface area contributed by atoms with Crippen molar-refractivity contribution in [1.29, 1.82) is 0 Å². The van der Waals surface area contributed by atoms with Crippen LogP contribution in [0.15, 0.2) is 18.2 Å². The fourth-order valence-electron chi connectivity index (χ4n) is 3.29. The topological polar surface area (TPSA) is 61.6 Å². The monoisotopic (exact) mass is 346 g/mol. The molecule has 136 valence electrons. The Morgan fingerprint density at radius 1 is 1.04 bits per heavy atom. The second-order valence-electron chi connectivity index (χ2n) is 6.36. The zero-order valence-corrected chi connectivity index (χ0v) is 15.4. The number of nitrogens with zero attached hydrogens (tertiary/aromatic N) is 4. The van der Waals surface area contributed by atoms with E-state index in [9.17, 15) is 0 Å². The molecule has 2 aromatic rings. The van der Waals surface area contributed by atoms with E-state index in [2.05, 4.69) is 38.7 Å². The third-order valence-corrected chi connectivity index (χ3v) is 4.69. The number of benzene rings is 1. The minimum absolute atomic E-state index is 0.373. The van der Waals surface area contributed by atoms with E-state index in [0.29, 0.717) is 12.6 Å². The second-order valence-corrected chi connectivity index (χ2v) is 6.36. The van der Waals surface area contributed by atoms with Crippen LogP contribution in [-0.2, 0) is 30.9 Å². The molecule has 3 rings (SSSR count). The van der Waals surface area contributed by atoms with Crippen molar-refractivity contribution in [3.05, 3.63) is 35.4 Å². The Kier molecular flexibility index (Phi) is 5.55. The van der Waals surface area contributed by atoms with Crippen LogP contribution in [0.2, 0.25) is 0 Å². The van der Waals surface area contributed by atoms with Gasteiger partial charge in [0.05, 0.1) is 14.2 Å². The van der Waals surface area contributed by atoms with Crippen molar-refractivity contribution < 1.29 is 14.2 Å². The Morgan fingerprint density at radius 3 is 2.40 bits per heavy atom. The molecule has 0 radical (unpaired) electrons. The lowest BCUT2D eigenvalue weighted by molar-refractivity contribution is 0.171. The Balaban J connectivity index is 1.76. The number of aromatic nitrogens is 3. The van der Waals surface area contributed by atoms with Crippen LogP contribution in [0.4, 0.5) is 0 Å². The van der Waals surface area contributed by atoms with Crippen molar-refractivity contribution in [2.45, 2.75) is 39.1 Å². The smallest absolute Gasteiger partial charge is 0.159 e. The fourth-order valence-corrected chi connectivity index (χ4v) is 3.29. The van der Waals surface area contributed by atoms with E-state index >= 15 is 0 Å². The van der Waals surface area contributed by atoms with Crippen molar-refractivity contribution >= 4 is 0 Å². The lowest BCUT2D eigenvalue weighted by atomic mass is 10.1. The molecule has 1 unspecified atom stereocenters. The summed E-state index contributed by atoms with van der Waals surface area (Å²) in [5.74, 6) is 3.56. The number of hydrogen-bond donors (Lipinski definition) is 0. The summed E-state index contributed by atoms with van der Waals surface area (Å²) in [6.45, 7) is 5.37. The molecule has 0 aliphatic carbocycles. The lowest BCUT2D eigenvalue weighted by Gasteiger charge is -2.26. The van der Waals surface area contributed by atoms with Crippen LogP contribution in [0.5, 0.6) is 11.5 Å². The van der Waals surface area contributed by atoms with Gasteiger partial charge in [0.1, 0.15) is 23.9 Å². The molecule has 7 nitrogen and oxygen atoms in total. The lowest BCUT2D eigenvalue weighted by Crippen LogP contribution is -2.34. The largest absolute Gasteiger partial charge is 0.497 e. The number of ether oxygens (including phenoxy) is 3. The van der Waals surface area contributed by atoms with Gasteiger partial charge in [-0.1, -0.05) is 0 Å². The maximum absolute atomic E-state index is 5.38. The van der Waals surface area contributed by atoms with Crippen LogP contribution < -0.4 is 9.47 Å². The zero-order valence-electron chi connectivity index (χ0n) is 15.4. The van der Waals surface area contributed by atoms with Crippen LogP contribution in [0, 0.1) is 0 Å². The summed E-state index contributed by atoms with van der Waals surface area (Å²) < 4.78 is 18.2. The summed E-state index contributed by atoms with van der Waals surface area (Å²) in [4.78, 5) is 2.46. The first-order chi connectivity index (χ1) is 12.1. The van der Waals surface area contributed by atoms with Crippen LogP contribution in [0.1, 0.15) is 24.1 Å². The van der Waals surface area contributed by atoms with E-state index in [-0.39, 0.29) is 0 Å². The van der Waals surface area contributed by atoms with Gasteiger partial charge in [0.25, 0.3) is 0 Å². The molecule has 1 aliphatic rings. The molecule has 1 aliphatic heterocycles. The Hall–Kier alpha value is -2.12. The first kappa shape index (κ1) is 17.7. The molecule has 1 aromatic heterocycles. The number of hydrogen-bond acceptors (Lipinski definition) is 6. The van der Waals surface area contributed by atoms with Gasteiger partial charge in [0.2, 0.25) is 0 Å². The molecular weight excluding hydrogens is 320 g/mol. The third kappa shape index (κ3) is 3.93.